The number of aliphatic carboxylic acids is 1. The van der Waals surface area contributed by atoms with Gasteiger partial charge in [0.2, 0.25) is 11.8 Å². The lowest BCUT2D eigenvalue weighted by Gasteiger charge is -2.32. The van der Waals surface area contributed by atoms with Crippen LogP contribution in [0.1, 0.15) is 25.7 Å². The number of rotatable bonds is 7. The largest absolute Gasteiger partial charge is 0.480 e. The molecule has 1 aliphatic heterocycles. The molecule has 0 bridgehead atoms. The van der Waals surface area contributed by atoms with Crippen LogP contribution in [0.2, 0.25) is 0 Å². The number of carboxylic acid groups (broad SMARTS) is 1. The topological polar surface area (TPSA) is 104 Å². The summed E-state index contributed by atoms with van der Waals surface area (Å²) in [6.45, 7) is 1.63. The minimum Gasteiger partial charge on any atom is -0.480 e. The number of piperidine rings is 1. The number of carbonyl (C=O) groups excluding carboxylic acids is 2. The van der Waals surface area contributed by atoms with Gasteiger partial charge < -0.3 is 15.7 Å². The van der Waals surface area contributed by atoms with E-state index in [1.54, 1.807) is 9.80 Å². The molecule has 2 amide bonds. The van der Waals surface area contributed by atoms with Crippen molar-refractivity contribution in [2.75, 3.05) is 32.7 Å². The fourth-order valence-electron chi connectivity index (χ4n) is 2.77. The van der Waals surface area contributed by atoms with E-state index in [2.05, 4.69) is 0 Å². The molecule has 2 fully saturated rings. The third-order valence-electron chi connectivity index (χ3n) is 4.11. The molecule has 0 radical (unpaired) electrons. The highest BCUT2D eigenvalue weighted by atomic mass is 16.4. The first-order valence-corrected chi connectivity index (χ1v) is 7.47. The lowest BCUT2D eigenvalue weighted by Crippen LogP contribution is -2.48. The van der Waals surface area contributed by atoms with Crippen molar-refractivity contribution in [1.29, 1.82) is 0 Å². The van der Waals surface area contributed by atoms with Gasteiger partial charge in [0.05, 0.1) is 19.0 Å². The number of carbonyl (C=O) groups is 3. The van der Waals surface area contributed by atoms with Crippen molar-refractivity contribution in [3.8, 4) is 0 Å². The summed E-state index contributed by atoms with van der Waals surface area (Å²) >= 11 is 0. The average Bonchev–Trinajstić information content (AvgIpc) is 3.22. The van der Waals surface area contributed by atoms with Crippen LogP contribution in [0.3, 0.4) is 0 Å². The summed E-state index contributed by atoms with van der Waals surface area (Å²) in [5.74, 6) is -1.15. The summed E-state index contributed by atoms with van der Waals surface area (Å²) in [5, 5.41) is 8.93. The summed E-state index contributed by atoms with van der Waals surface area (Å²) in [7, 11) is 0. The molecule has 118 valence electrons. The Kier molecular flexibility index (Phi) is 5.17. The van der Waals surface area contributed by atoms with E-state index in [4.69, 9.17) is 10.8 Å². The average molecular weight is 297 g/mol. The summed E-state index contributed by atoms with van der Waals surface area (Å²) in [6, 6.07) is 0. The third-order valence-corrected chi connectivity index (χ3v) is 4.11. The number of hydrogen-bond donors (Lipinski definition) is 2. The monoisotopic (exact) mass is 297 g/mol. The van der Waals surface area contributed by atoms with Gasteiger partial charge in [0.25, 0.3) is 0 Å². The predicted molar refractivity (Wildman–Crippen MR) is 75.3 cm³/mol. The molecule has 0 aromatic heterocycles. The van der Waals surface area contributed by atoms with Crippen molar-refractivity contribution in [2.45, 2.75) is 25.7 Å². The van der Waals surface area contributed by atoms with Gasteiger partial charge in [0.15, 0.2) is 0 Å². The molecule has 0 aromatic rings. The quantitative estimate of drug-likeness (QED) is 0.659. The van der Waals surface area contributed by atoms with Gasteiger partial charge in [-0.15, -0.1) is 0 Å². The number of primary amides is 1. The van der Waals surface area contributed by atoms with Gasteiger partial charge in [-0.1, -0.05) is 0 Å². The Morgan fingerprint density at radius 2 is 1.90 bits per heavy atom. The molecule has 0 aromatic carbocycles. The van der Waals surface area contributed by atoms with Gasteiger partial charge in [0, 0.05) is 19.6 Å². The van der Waals surface area contributed by atoms with E-state index >= 15 is 0 Å². The minimum atomic E-state index is -0.919. The molecule has 1 heterocycles. The van der Waals surface area contributed by atoms with Crippen LogP contribution in [0.15, 0.2) is 0 Å². The fourth-order valence-corrected chi connectivity index (χ4v) is 2.77. The molecule has 0 spiro atoms. The first-order valence-electron chi connectivity index (χ1n) is 7.47. The predicted octanol–water partition coefficient (Wildman–Crippen LogP) is -0.493. The Bertz CT molecular complexity index is 422. The second-order valence-electron chi connectivity index (χ2n) is 6.09. The lowest BCUT2D eigenvalue weighted by molar-refractivity contribution is -0.140. The van der Waals surface area contributed by atoms with Crippen LogP contribution in [0.4, 0.5) is 0 Å². The van der Waals surface area contributed by atoms with Gasteiger partial charge in [-0.3, -0.25) is 19.3 Å². The van der Waals surface area contributed by atoms with Gasteiger partial charge in [-0.05, 0) is 31.6 Å². The maximum absolute atomic E-state index is 12.3. The Labute approximate surface area is 124 Å². The van der Waals surface area contributed by atoms with Crippen LogP contribution >= 0.6 is 0 Å². The van der Waals surface area contributed by atoms with E-state index < -0.39 is 5.97 Å². The summed E-state index contributed by atoms with van der Waals surface area (Å²) in [6.07, 6.45) is 3.70. The van der Waals surface area contributed by atoms with Crippen molar-refractivity contribution >= 4 is 17.8 Å². The normalized spacial score (nSPS) is 22.3. The van der Waals surface area contributed by atoms with E-state index in [0.29, 0.717) is 25.6 Å². The molecular weight excluding hydrogens is 274 g/mol. The van der Waals surface area contributed by atoms with Crippen LogP contribution in [-0.2, 0) is 14.4 Å². The van der Waals surface area contributed by atoms with Crippen LogP contribution in [0.25, 0.3) is 0 Å². The molecular formula is C14H23N3O4. The first-order chi connectivity index (χ1) is 9.95. The van der Waals surface area contributed by atoms with E-state index in [1.165, 1.54) is 0 Å². The second-order valence-corrected chi connectivity index (χ2v) is 6.09. The minimum absolute atomic E-state index is 0.105. The second kappa shape index (κ2) is 6.89. The summed E-state index contributed by atoms with van der Waals surface area (Å²) < 4.78 is 0. The Balaban J connectivity index is 1.87. The van der Waals surface area contributed by atoms with E-state index in [1.807, 2.05) is 0 Å². The third kappa shape index (κ3) is 5.00. The summed E-state index contributed by atoms with van der Waals surface area (Å²) in [5.41, 5.74) is 5.31. The summed E-state index contributed by atoms with van der Waals surface area (Å²) in [4.78, 5) is 37.8. The molecule has 2 aliphatic rings. The number of carboxylic acids is 1. The van der Waals surface area contributed by atoms with Gasteiger partial charge in [0.1, 0.15) is 0 Å². The van der Waals surface area contributed by atoms with Crippen molar-refractivity contribution < 1.29 is 19.5 Å². The molecule has 21 heavy (non-hydrogen) atoms. The molecule has 7 nitrogen and oxygen atoms in total. The van der Waals surface area contributed by atoms with E-state index in [-0.39, 0.29) is 30.8 Å². The molecule has 3 N–H and O–H groups in total. The number of likely N-dealkylation sites (tertiary alicyclic amines) is 1. The molecule has 2 rings (SSSR count). The number of nitrogens with zero attached hydrogens (tertiary/aromatic N) is 2. The van der Waals surface area contributed by atoms with Crippen LogP contribution in [-0.4, -0.2) is 65.4 Å². The van der Waals surface area contributed by atoms with Crippen LogP contribution in [0, 0.1) is 11.8 Å². The molecule has 1 aliphatic carbocycles. The molecule has 1 saturated heterocycles. The Hall–Kier alpha value is -1.63. The van der Waals surface area contributed by atoms with E-state index in [9.17, 15) is 14.4 Å². The van der Waals surface area contributed by atoms with Gasteiger partial charge in [-0.2, -0.15) is 0 Å². The molecule has 1 saturated carbocycles. The SMILES string of the molecule is NC(=O)C1CCCN(C(=O)CN(CC(=O)O)CC2CC2)C1. The first kappa shape index (κ1) is 15.8. The van der Waals surface area contributed by atoms with Crippen LogP contribution < -0.4 is 5.73 Å². The molecule has 7 heteroatoms. The highest BCUT2D eigenvalue weighted by molar-refractivity contribution is 5.81. The maximum atomic E-state index is 12.3. The smallest absolute Gasteiger partial charge is 0.317 e. The molecule has 1 atom stereocenters. The van der Waals surface area contributed by atoms with Gasteiger partial charge >= 0.3 is 5.97 Å². The van der Waals surface area contributed by atoms with Crippen molar-refractivity contribution in [3.63, 3.8) is 0 Å². The van der Waals surface area contributed by atoms with Gasteiger partial charge in [-0.25, -0.2) is 0 Å². The highest BCUT2D eigenvalue weighted by Gasteiger charge is 2.30. The zero-order valence-electron chi connectivity index (χ0n) is 12.2. The number of nitrogens with two attached hydrogens (primary N) is 1. The maximum Gasteiger partial charge on any atom is 0.317 e. The standard InChI is InChI=1S/C14H23N3O4/c15-14(21)11-2-1-5-17(7-11)12(18)8-16(9-13(19)20)6-10-3-4-10/h10-11H,1-9H2,(H2,15,21)(H,19,20). The zero-order chi connectivity index (χ0) is 15.4. The lowest BCUT2D eigenvalue weighted by atomic mass is 9.97. The van der Waals surface area contributed by atoms with Crippen molar-refractivity contribution in [3.05, 3.63) is 0 Å². The Morgan fingerprint density at radius 3 is 2.48 bits per heavy atom. The fraction of sp³-hybridized carbons (Fsp3) is 0.786. The number of amides is 2. The van der Waals surface area contributed by atoms with Crippen molar-refractivity contribution in [1.82, 2.24) is 9.80 Å². The Morgan fingerprint density at radius 1 is 1.19 bits per heavy atom. The highest BCUT2D eigenvalue weighted by Crippen LogP contribution is 2.29. The van der Waals surface area contributed by atoms with Crippen molar-refractivity contribution in [2.24, 2.45) is 17.6 Å². The van der Waals surface area contributed by atoms with Crippen LogP contribution in [0.5, 0.6) is 0 Å². The zero-order valence-corrected chi connectivity index (χ0v) is 12.2. The van der Waals surface area contributed by atoms with E-state index in [0.717, 1.165) is 25.7 Å². The molecule has 1 unspecified atom stereocenters. The number of hydrogen-bond acceptors (Lipinski definition) is 4.